The molecule has 140 valence electrons. The number of aryl methyl sites for hydroxylation is 3. The number of halogens is 1. The van der Waals surface area contributed by atoms with E-state index in [2.05, 4.69) is 34.3 Å². The predicted octanol–water partition coefficient (Wildman–Crippen LogP) is 4.76. The van der Waals surface area contributed by atoms with Crippen molar-refractivity contribution in [3.63, 3.8) is 0 Å². The fourth-order valence-electron chi connectivity index (χ4n) is 3.57. The number of rotatable bonds is 3. The Kier molecular flexibility index (Phi) is 5.63. The lowest BCUT2D eigenvalue weighted by molar-refractivity contribution is -0.112. The van der Waals surface area contributed by atoms with Crippen molar-refractivity contribution >= 4 is 46.6 Å². The van der Waals surface area contributed by atoms with E-state index in [9.17, 15) is 4.79 Å². The Balaban J connectivity index is 0.00000210. The first kappa shape index (κ1) is 19.5. The number of thioether (sulfide) groups is 1. The zero-order valence-electron chi connectivity index (χ0n) is 15.6. The van der Waals surface area contributed by atoms with Crippen molar-refractivity contribution < 1.29 is 4.79 Å². The first-order valence-corrected chi connectivity index (χ1v) is 9.55. The van der Waals surface area contributed by atoms with E-state index in [1.807, 2.05) is 44.2 Å². The Morgan fingerprint density at radius 2 is 1.78 bits per heavy atom. The second-order valence-electron chi connectivity index (χ2n) is 6.69. The van der Waals surface area contributed by atoms with Gasteiger partial charge in [0.2, 0.25) is 0 Å². The van der Waals surface area contributed by atoms with Crippen LogP contribution in [0, 0.1) is 20.8 Å². The summed E-state index contributed by atoms with van der Waals surface area (Å²) in [4.78, 5) is 20.6. The molecule has 4 rings (SSSR count). The maximum Gasteiger partial charge on any atom is 0.264 e. The lowest BCUT2D eigenvalue weighted by Gasteiger charge is -2.17. The van der Waals surface area contributed by atoms with Crippen molar-refractivity contribution in [2.75, 3.05) is 18.4 Å². The maximum atomic E-state index is 13.1. The molecule has 0 atom stereocenters. The number of hydrogen-bond acceptors (Lipinski definition) is 4. The molecule has 6 heteroatoms. The molecule has 2 aliphatic rings. The smallest absolute Gasteiger partial charge is 0.264 e. The molecule has 0 spiro atoms. The van der Waals surface area contributed by atoms with Gasteiger partial charge in [0.15, 0.2) is 5.17 Å². The number of carbonyl (C=O) groups is 1. The Morgan fingerprint density at radius 3 is 2.44 bits per heavy atom. The van der Waals surface area contributed by atoms with Crippen LogP contribution in [-0.2, 0) is 4.79 Å². The van der Waals surface area contributed by atoms with Gasteiger partial charge in [-0.3, -0.25) is 9.79 Å². The largest absolute Gasteiger partial charge is 0.321 e. The minimum absolute atomic E-state index is 0. The van der Waals surface area contributed by atoms with Crippen LogP contribution in [0.25, 0.3) is 5.70 Å². The molecule has 0 aliphatic carbocycles. The third-order valence-corrected chi connectivity index (χ3v) is 5.76. The number of hydrogen-bond donors (Lipinski definition) is 1. The van der Waals surface area contributed by atoms with Crippen LogP contribution in [-0.4, -0.2) is 29.1 Å². The van der Waals surface area contributed by atoms with Gasteiger partial charge in [-0.25, -0.2) is 0 Å². The predicted molar refractivity (Wildman–Crippen MR) is 116 cm³/mol. The zero-order chi connectivity index (χ0) is 18.3. The van der Waals surface area contributed by atoms with Gasteiger partial charge in [0, 0.05) is 12.2 Å². The molecule has 2 aromatic carbocycles. The lowest BCUT2D eigenvalue weighted by atomic mass is 10.0. The van der Waals surface area contributed by atoms with E-state index < -0.39 is 0 Å². The van der Waals surface area contributed by atoms with Gasteiger partial charge in [0.05, 0.1) is 12.2 Å². The fourth-order valence-corrected chi connectivity index (χ4v) is 4.67. The zero-order valence-corrected chi connectivity index (χ0v) is 17.2. The number of anilines is 1. The summed E-state index contributed by atoms with van der Waals surface area (Å²) in [5.74, 6) is -0.0685. The van der Waals surface area contributed by atoms with E-state index >= 15 is 0 Å². The molecule has 0 unspecified atom stereocenters. The van der Waals surface area contributed by atoms with Gasteiger partial charge >= 0.3 is 0 Å². The van der Waals surface area contributed by atoms with Crippen molar-refractivity contribution in [3.05, 3.63) is 69.6 Å². The topological polar surface area (TPSA) is 44.7 Å². The molecule has 2 aromatic rings. The summed E-state index contributed by atoms with van der Waals surface area (Å²) in [7, 11) is 0. The van der Waals surface area contributed by atoms with E-state index in [0.29, 0.717) is 4.91 Å². The summed E-state index contributed by atoms with van der Waals surface area (Å²) in [6, 6.07) is 14.3. The Bertz CT molecular complexity index is 930. The molecule has 2 aliphatic heterocycles. The first-order valence-electron chi connectivity index (χ1n) is 8.73. The molecule has 0 bridgehead atoms. The second kappa shape index (κ2) is 7.79. The number of nitrogens with one attached hydrogen (secondary N) is 1. The van der Waals surface area contributed by atoms with E-state index in [0.717, 1.165) is 46.3 Å². The number of nitrogens with zero attached hydrogens (tertiary/aromatic N) is 2. The van der Waals surface area contributed by atoms with Gasteiger partial charge in [-0.2, -0.15) is 0 Å². The van der Waals surface area contributed by atoms with Crippen molar-refractivity contribution in [1.82, 2.24) is 4.90 Å². The van der Waals surface area contributed by atoms with Crippen molar-refractivity contribution in [2.45, 2.75) is 20.8 Å². The van der Waals surface area contributed by atoms with Gasteiger partial charge in [-0.15, -0.1) is 12.4 Å². The molecule has 4 nitrogen and oxygen atoms in total. The molecule has 0 aromatic heterocycles. The number of amidine groups is 1. The third kappa shape index (κ3) is 3.62. The van der Waals surface area contributed by atoms with Gasteiger partial charge in [0.25, 0.3) is 5.91 Å². The normalized spacial score (nSPS) is 15.4. The minimum Gasteiger partial charge on any atom is -0.321 e. The van der Waals surface area contributed by atoms with E-state index in [1.165, 1.54) is 17.3 Å². The van der Waals surface area contributed by atoms with Crippen LogP contribution in [0.4, 0.5) is 5.69 Å². The van der Waals surface area contributed by atoms with Crippen LogP contribution < -0.4 is 5.32 Å². The number of carbonyl (C=O) groups excluding carboxylic acids is 1. The van der Waals surface area contributed by atoms with Crippen LogP contribution in [0.2, 0.25) is 0 Å². The summed E-state index contributed by atoms with van der Waals surface area (Å²) in [5.41, 5.74) is 6.28. The standard InChI is InChI=1S/C21H21N3OS.ClH/c1-13-11-14(2)17(15(3)12-13)23-20(25)19-18(16-7-5-4-6-8-16)24-10-9-22-21(24)26-19;/h4-8,11-12H,9-10H2,1-3H3,(H,23,25);1H. The van der Waals surface area contributed by atoms with Gasteiger partial charge < -0.3 is 10.2 Å². The van der Waals surface area contributed by atoms with E-state index in [-0.39, 0.29) is 18.3 Å². The van der Waals surface area contributed by atoms with E-state index in [4.69, 9.17) is 0 Å². The average molecular weight is 400 g/mol. The molecule has 27 heavy (non-hydrogen) atoms. The van der Waals surface area contributed by atoms with Crippen LogP contribution in [0.1, 0.15) is 22.3 Å². The molecule has 0 saturated heterocycles. The third-order valence-electron chi connectivity index (χ3n) is 4.65. The fraction of sp³-hybridized carbons (Fsp3) is 0.238. The summed E-state index contributed by atoms with van der Waals surface area (Å²) in [6.45, 7) is 7.75. The highest BCUT2D eigenvalue weighted by atomic mass is 35.5. The quantitative estimate of drug-likeness (QED) is 0.809. The van der Waals surface area contributed by atoms with Crippen LogP contribution >= 0.6 is 24.2 Å². The highest BCUT2D eigenvalue weighted by molar-refractivity contribution is 8.18. The molecule has 0 fully saturated rings. The number of aliphatic imine (C=N–C) groups is 1. The van der Waals surface area contributed by atoms with Gasteiger partial charge in [0.1, 0.15) is 4.91 Å². The molecular formula is C21H22ClN3OS. The Labute approximate surface area is 170 Å². The lowest BCUT2D eigenvalue weighted by Crippen LogP contribution is -2.21. The molecule has 1 amide bonds. The van der Waals surface area contributed by atoms with Crippen LogP contribution in [0.15, 0.2) is 52.4 Å². The molecule has 1 N–H and O–H groups in total. The second-order valence-corrected chi connectivity index (χ2v) is 7.67. The summed E-state index contributed by atoms with van der Waals surface area (Å²) >= 11 is 1.47. The van der Waals surface area contributed by atoms with Crippen LogP contribution in [0.3, 0.4) is 0 Å². The van der Waals surface area contributed by atoms with Gasteiger partial charge in [-0.1, -0.05) is 48.0 Å². The monoisotopic (exact) mass is 399 g/mol. The van der Waals surface area contributed by atoms with Gasteiger partial charge in [-0.05, 0) is 49.2 Å². The van der Waals surface area contributed by atoms with E-state index in [1.54, 1.807) is 0 Å². The first-order chi connectivity index (χ1) is 12.5. The number of fused-ring (bicyclic) bond motifs is 1. The highest BCUT2D eigenvalue weighted by Gasteiger charge is 2.36. The summed E-state index contributed by atoms with van der Waals surface area (Å²) in [6.07, 6.45) is 0. The van der Waals surface area contributed by atoms with Crippen molar-refractivity contribution in [1.29, 1.82) is 0 Å². The van der Waals surface area contributed by atoms with Crippen molar-refractivity contribution in [2.24, 2.45) is 4.99 Å². The summed E-state index contributed by atoms with van der Waals surface area (Å²) in [5, 5.41) is 4.06. The minimum atomic E-state index is -0.0685. The maximum absolute atomic E-state index is 13.1. The average Bonchev–Trinajstić information content (AvgIpc) is 3.19. The summed E-state index contributed by atoms with van der Waals surface area (Å²) < 4.78 is 0. The van der Waals surface area contributed by atoms with Crippen molar-refractivity contribution in [3.8, 4) is 0 Å². The van der Waals surface area contributed by atoms with Crippen LogP contribution in [0.5, 0.6) is 0 Å². The SMILES string of the molecule is Cc1cc(C)c(NC(=O)C2=C(c3ccccc3)N3CCN=C3S2)c(C)c1.Cl. The Hall–Kier alpha value is -2.24. The number of benzene rings is 2. The molecule has 2 heterocycles. The number of amides is 1. The molecular weight excluding hydrogens is 378 g/mol. The molecule has 0 saturated carbocycles. The molecule has 0 radical (unpaired) electrons. The highest BCUT2D eigenvalue weighted by Crippen LogP contribution is 2.42. The Morgan fingerprint density at radius 1 is 1.11 bits per heavy atom.